The molecule has 1 amide bonds. The number of thiocarbonyl (C=S) groups is 1. The molecule has 23 heavy (non-hydrogen) atoms. The Morgan fingerprint density at radius 3 is 2.61 bits per heavy atom. The minimum Gasteiger partial charge on any atom is -0.497 e. The summed E-state index contributed by atoms with van der Waals surface area (Å²) in [6.45, 7) is 0. The number of hydrogen-bond donors (Lipinski definition) is 1. The lowest BCUT2D eigenvalue weighted by Gasteiger charge is -2.05. The molecule has 0 spiro atoms. The van der Waals surface area contributed by atoms with E-state index in [-0.39, 0.29) is 5.91 Å². The van der Waals surface area contributed by atoms with E-state index in [0.29, 0.717) is 9.23 Å². The van der Waals surface area contributed by atoms with E-state index in [0.717, 1.165) is 17.7 Å². The van der Waals surface area contributed by atoms with Crippen LogP contribution in [0.3, 0.4) is 0 Å². The molecule has 3 nitrogen and oxygen atoms in total. The molecule has 5 heteroatoms. The van der Waals surface area contributed by atoms with Gasteiger partial charge in [0.25, 0.3) is 5.91 Å². The van der Waals surface area contributed by atoms with Crippen LogP contribution in [-0.2, 0) is 11.2 Å². The molecule has 1 N–H and O–H groups in total. The van der Waals surface area contributed by atoms with Crippen molar-refractivity contribution in [3.8, 4) is 5.75 Å². The molecule has 1 aliphatic rings. The molecule has 1 saturated heterocycles. The van der Waals surface area contributed by atoms with Crippen molar-refractivity contribution in [2.75, 3.05) is 7.11 Å². The minimum absolute atomic E-state index is 0.124. The first kappa shape index (κ1) is 15.8. The number of carbonyl (C=O) groups excluding carboxylic acids is 1. The Morgan fingerprint density at radius 1 is 1.17 bits per heavy atom. The highest BCUT2D eigenvalue weighted by atomic mass is 32.2. The Hall–Kier alpha value is -2.11. The normalized spacial score (nSPS) is 15.8. The first-order valence-electron chi connectivity index (χ1n) is 7.11. The van der Waals surface area contributed by atoms with Gasteiger partial charge in [-0.25, -0.2) is 0 Å². The second-order valence-corrected chi connectivity index (χ2v) is 6.84. The van der Waals surface area contributed by atoms with Gasteiger partial charge in [-0.05, 0) is 41.3 Å². The molecule has 0 aliphatic carbocycles. The molecule has 1 heterocycles. The molecule has 0 atom stereocenters. The van der Waals surface area contributed by atoms with Crippen molar-refractivity contribution in [3.05, 3.63) is 70.1 Å². The van der Waals surface area contributed by atoms with Crippen LogP contribution in [0.2, 0.25) is 0 Å². The minimum atomic E-state index is -0.124. The maximum absolute atomic E-state index is 11.7. The molecule has 0 radical (unpaired) electrons. The number of hydrogen-bond acceptors (Lipinski definition) is 4. The van der Waals surface area contributed by atoms with Crippen LogP contribution in [0.15, 0.2) is 53.4 Å². The van der Waals surface area contributed by atoms with Crippen LogP contribution in [-0.4, -0.2) is 17.3 Å². The zero-order valence-electron chi connectivity index (χ0n) is 12.5. The number of benzene rings is 2. The third kappa shape index (κ3) is 4.00. The van der Waals surface area contributed by atoms with Gasteiger partial charge in [-0.15, -0.1) is 0 Å². The number of carbonyl (C=O) groups is 1. The highest BCUT2D eigenvalue weighted by Crippen LogP contribution is 2.26. The average molecular weight is 341 g/mol. The molecule has 1 fully saturated rings. The van der Waals surface area contributed by atoms with Gasteiger partial charge in [0.15, 0.2) is 0 Å². The molecule has 0 saturated carbocycles. The summed E-state index contributed by atoms with van der Waals surface area (Å²) in [4.78, 5) is 12.4. The smallest absolute Gasteiger partial charge is 0.263 e. The lowest BCUT2D eigenvalue weighted by Crippen LogP contribution is -2.17. The van der Waals surface area contributed by atoms with Gasteiger partial charge >= 0.3 is 0 Å². The van der Waals surface area contributed by atoms with Gasteiger partial charge in [0, 0.05) is 0 Å². The highest BCUT2D eigenvalue weighted by Gasteiger charge is 2.21. The summed E-state index contributed by atoms with van der Waals surface area (Å²) >= 11 is 6.30. The van der Waals surface area contributed by atoms with Gasteiger partial charge in [-0.1, -0.05) is 60.4 Å². The predicted molar refractivity (Wildman–Crippen MR) is 98.6 cm³/mol. The Kier molecular flexibility index (Phi) is 4.79. The van der Waals surface area contributed by atoms with Crippen molar-refractivity contribution in [1.82, 2.24) is 5.32 Å². The van der Waals surface area contributed by atoms with Crippen molar-refractivity contribution in [1.29, 1.82) is 0 Å². The Bertz CT molecular complexity index is 782. The molecule has 0 unspecified atom stereocenters. The van der Waals surface area contributed by atoms with Gasteiger partial charge in [0.05, 0.1) is 12.0 Å². The summed E-state index contributed by atoms with van der Waals surface area (Å²) in [5, 5.41) is 2.63. The summed E-state index contributed by atoms with van der Waals surface area (Å²) in [6.07, 6.45) is 2.70. The van der Waals surface area contributed by atoms with Crippen LogP contribution in [0.4, 0.5) is 0 Å². The number of rotatable bonds is 4. The van der Waals surface area contributed by atoms with Crippen molar-refractivity contribution >= 4 is 40.3 Å². The predicted octanol–water partition coefficient (Wildman–Crippen LogP) is 3.77. The van der Waals surface area contributed by atoms with Gasteiger partial charge in [0.2, 0.25) is 0 Å². The van der Waals surface area contributed by atoms with Crippen molar-refractivity contribution in [3.63, 3.8) is 0 Å². The summed E-state index contributed by atoms with van der Waals surface area (Å²) in [5.74, 6) is 0.730. The molecule has 0 bridgehead atoms. The Balaban J connectivity index is 1.78. The van der Waals surface area contributed by atoms with Gasteiger partial charge in [0.1, 0.15) is 10.1 Å². The van der Waals surface area contributed by atoms with Crippen molar-refractivity contribution < 1.29 is 9.53 Å². The Morgan fingerprint density at radius 2 is 1.96 bits per heavy atom. The number of ether oxygens (including phenoxy) is 1. The first-order chi connectivity index (χ1) is 11.1. The number of thioether (sulfide) groups is 1. The molecule has 1 aliphatic heterocycles. The highest BCUT2D eigenvalue weighted by molar-refractivity contribution is 8.26. The molecule has 2 aromatic rings. The van der Waals surface area contributed by atoms with Crippen LogP contribution < -0.4 is 10.1 Å². The van der Waals surface area contributed by atoms with E-state index in [4.69, 9.17) is 17.0 Å². The largest absolute Gasteiger partial charge is 0.497 e. The van der Waals surface area contributed by atoms with E-state index in [2.05, 4.69) is 29.6 Å². The van der Waals surface area contributed by atoms with Crippen LogP contribution in [0.1, 0.15) is 16.7 Å². The zero-order valence-corrected chi connectivity index (χ0v) is 14.2. The third-order valence-electron chi connectivity index (χ3n) is 3.46. The standard InChI is InChI=1S/C18H15NO2S2/c1-21-15-7-5-12(6-8-15)9-13-3-2-4-14(10-13)11-16-17(20)19-18(22)23-16/h2-8,10-11H,9H2,1H3,(H,19,20,22). The van der Waals surface area contributed by atoms with Crippen LogP contribution in [0.5, 0.6) is 5.75 Å². The first-order valence-corrected chi connectivity index (χ1v) is 8.33. The number of amides is 1. The molecule has 3 rings (SSSR count). The van der Waals surface area contributed by atoms with E-state index < -0.39 is 0 Å². The zero-order chi connectivity index (χ0) is 16.2. The average Bonchev–Trinajstić information content (AvgIpc) is 2.86. The number of methoxy groups -OCH3 is 1. The van der Waals surface area contributed by atoms with Gasteiger partial charge in [-0.3, -0.25) is 4.79 Å². The summed E-state index contributed by atoms with van der Waals surface area (Å²) in [6, 6.07) is 16.2. The van der Waals surface area contributed by atoms with Gasteiger partial charge in [-0.2, -0.15) is 0 Å². The molecule has 116 valence electrons. The van der Waals surface area contributed by atoms with Crippen LogP contribution >= 0.6 is 24.0 Å². The summed E-state index contributed by atoms with van der Waals surface area (Å²) in [7, 11) is 1.66. The fourth-order valence-electron chi connectivity index (χ4n) is 2.34. The third-order valence-corrected chi connectivity index (χ3v) is 4.62. The van der Waals surface area contributed by atoms with Gasteiger partial charge < -0.3 is 10.1 Å². The fraction of sp³-hybridized carbons (Fsp3) is 0.111. The van der Waals surface area contributed by atoms with Crippen molar-refractivity contribution in [2.24, 2.45) is 0 Å². The number of nitrogens with one attached hydrogen (secondary N) is 1. The second-order valence-electron chi connectivity index (χ2n) is 5.12. The maximum Gasteiger partial charge on any atom is 0.263 e. The lowest BCUT2D eigenvalue weighted by molar-refractivity contribution is -0.115. The Labute approximate surface area is 144 Å². The lowest BCUT2D eigenvalue weighted by atomic mass is 10.0. The second kappa shape index (κ2) is 6.98. The topological polar surface area (TPSA) is 38.3 Å². The monoisotopic (exact) mass is 341 g/mol. The van der Waals surface area contributed by atoms with Crippen LogP contribution in [0.25, 0.3) is 6.08 Å². The van der Waals surface area contributed by atoms with Crippen molar-refractivity contribution in [2.45, 2.75) is 6.42 Å². The molecule has 2 aromatic carbocycles. The van der Waals surface area contributed by atoms with E-state index in [1.165, 1.54) is 22.9 Å². The van der Waals surface area contributed by atoms with E-state index in [1.807, 2.05) is 30.3 Å². The van der Waals surface area contributed by atoms with E-state index in [9.17, 15) is 4.79 Å². The molecule has 0 aromatic heterocycles. The SMILES string of the molecule is COc1ccc(Cc2cccc(C=C3SC(=S)NC3=O)c2)cc1. The molecular formula is C18H15NO2S2. The van der Waals surface area contributed by atoms with E-state index >= 15 is 0 Å². The van der Waals surface area contributed by atoms with Crippen LogP contribution in [0, 0.1) is 0 Å². The maximum atomic E-state index is 11.7. The molecular weight excluding hydrogens is 326 g/mol. The summed E-state index contributed by atoms with van der Waals surface area (Å²) in [5.41, 5.74) is 3.40. The summed E-state index contributed by atoms with van der Waals surface area (Å²) < 4.78 is 5.68. The van der Waals surface area contributed by atoms with E-state index in [1.54, 1.807) is 7.11 Å². The quantitative estimate of drug-likeness (QED) is 0.678. The fourth-order valence-corrected chi connectivity index (χ4v) is 3.39.